The zero-order chi connectivity index (χ0) is 24.6. The number of aliphatic hydroxyl groups is 4. The van der Waals surface area contributed by atoms with Crippen LogP contribution in [0.5, 0.6) is 0 Å². The summed E-state index contributed by atoms with van der Waals surface area (Å²) in [6, 6.07) is 0. The first-order valence-electron chi connectivity index (χ1n) is 12.4. The summed E-state index contributed by atoms with van der Waals surface area (Å²) in [5, 5.41) is 49.8. The zero-order valence-electron chi connectivity index (χ0n) is 20.3. The van der Waals surface area contributed by atoms with Crippen LogP contribution in [0.3, 0.4) is 0 Å². The van der Waals surface area contributed by atoms with E-state index in [1.807, 2.05) is 6.08 Å². The minimum Gasteiger partial charge on any atom is -0.479 e. The maximum Gasteiger partial charge on any atom is 0.335 e. The summed E-state index contributed by atoms with van der Waals surface area (Å²) in [6.45, 7) is 9.76. The van der Waals surface area contributed by atoms with Crippen LogP contribution in [0.2, 0.25) is 0 Å². The summed E-state index contributed by atoms with van der Waals surface area (Å²) in [5.41, 5.74) is 1.26. The van der Waals surface area contributed by atoms with Crippen LogP contribution < -0.4 is 0 Å². The maximum atomic E-state index is 11.2. The molecular weight excluding hydrogens is 420 g/mol. The van der Waals surface area contributed by atoms with E-state index in [4.69, 9.17) is 5.11 Å². The number of carboxylic acids is 1. The summed E-state index contributed by atoms with van der Waals surface area (Å²) >= 11 is 0. The highest BCUT2D eigenvalue weighted by molar-refractivity contribution is 5.76. The fraction of sp³-hybridized carbons (Fsp3) is 0.741. The highest BCUT2D eigenvalue weighted by atomic mass is 16.4. The van der Waals surface area contributed by atoms with Gasteiger partial charge in [0.25, 0.3) is 0 Å². The summed E-state index contributed by atoms with van der Waals surface area (Å²) in [4.78, 5) is 11.2. The smallest absolute Gasteiger partial charge is 0.335 e. The molecule has 0 aliphatic heterocycles. The SMILES string of the molecule is C=C1C(=CC=C2CCC[C@]3(C)[C@@H]([C@H](C)C[C@@H](O)C[C@@](C)(O)C(=O)O)CC[C@@H]23)C[C@H](O)C[C@H]1O. The molecule has 6 heteroatoms. The molecule has 5 N–H and O–H groups in total. The maximum absolute atomic E-state index is 11.2. The molecule has 6 nitrogen and oxygen atoms in total. The molecule has 0 saturated heterocycles. The van der Waals surface area contributed by atoms with Crippen LogP contribution in [0.1, 0.15) is 78.6 Å². The Balaban J connectivity index is 1.71. The monoisotopic (exact) mass is 462 g/mol. The van der Waals surface area contributed by atoms with E-state index in [0.717, 1.165) is 37.7 Å². The van der Waals surface area contributed by atoms with Crippen molar-refractivity contribution in [1.29, 1.82) is 0 Å². The lowest BCUT2D eigenvalue weighted by Gasteiger charge is -2.44. The predicted octanol–water partition coefficient (Wildman–Crippen LogP) is 3.74. The van der Waals surface area contributed by atoms with Crippen LogP contribution in [0, 0.1) is 23.2 Å². The Morgan fingerprint density at radius 2 is 2.00 bits per heavy atom. The van der Waals surface area contributed by atoms with Gasteiger partial charge in [0.1, 0.15) is 0 Å². The number of hydrogen-bond donors (Lipinski definition) is 5. The fourth-order valence-electron chi connectivity index (χ4n) is 6.90. The molecule has 3 aliphatic carbocycles. The lowest BCUT2D eigenvalue weighted by molar-refractivity contribution is -0.160. The molecule has 3 saturated carbocycles. The Bertz CT molecular complexity index is 811. The molecule has 0 spiro atoms. The number of aliphatic carboxylic acids is 1. The predicted molar refractivity (Wildman–Crippen MR) is 127 cm³/mol. The van der Waals surface area contributed by atoms with Gasteiger partial charge >= 0.3 is 5.97 Å². The van der Waals surface area contributed by atoms with Gasteiger partial charge in [0.2, 0.25) is 0 Å². The van der Waals surface area contributed by atoms with Crippen LogP contribution in [0.25, 0.3) is 0 Å². The van der Waals surface area contributed by atoms with Crippen molar-refractivity contribution in [3.05, 3.63) is 35.5 Å². The Morgan fingerprint density at radius 1 is 1.30 bits per heavy atom. The first-order valence-corrected chi connectivity index (χ1v) is 12.4. The largest absolute Gasteiger partial charge is 0.479 e. The summed E-state index contributed by atoms with van der Waals surface area (Å²) < 4.78 is 0. The molecule has 0 aromatic rings. The van der Waals surface area contributed by atoms with Gasteiger partial charge in [0.05, 0.1) is 18.3 Å². The van der Waals surface area contributed by atoms with E-state index in [-0.39, 0.29) is 17.8 Å². The van der Waals surface area contributed by atoms with Crippen LogP contribution >= 0.6 is 0 Å². The van der Waals surface area contributed by atoms with Gasteiger partial charge in [-0.25, -0.2) is 4.79 Å². The van der Waals surface area contributed by atoms with Gasteiger partial charge in [-0.15, -0.1) is 0 Å². The average Bonchev–Trinajstić information content (AvgIpc) is 3.06. The second kappa shape index (κ2) is 10.0. The highest BCUT2D eigenvalue weighted by Gasteiger charge is 2.51. The standard InChI is InChI=1S/C27H42O6/c1-16(12-21(29)15-27(4,33)25(31)32)22-9-10-23-18(6-5-11-26(22,23)3)7-8-19-13-20(28)14-24(30)17(19)2/h7-8,16,20-24,28-30,33H,2,5-6,9-15H2,1,3-4H3,(H,31,32)/t16-,20+,21-,22-,23+,24-,26-,27-/m1/s1. The average molecular weight is 463 g/mol. The van der Waals surface area contributed by atoms with Gasteiger partial charge in [0, 0.05) is 12.8 Å². The molecule has 0 aromatic heterocycles. The summed E-state index contributed by atoms with van der Waals surface area (Å²) in [6.07, 6.45) is 8.81. The molecule has 0 radical (unpaired) electrons. The van der Waals surface area contributed by atoms with E-state index in [0.29, 0.717) is 36.7 Å². The summed E-state index contributed by atoms with van der Waals surface area (Å²) in [7, 11) is 0. The van der Waals surface area contributed by atoms with Crippen molar-refractivity contribution >= 4 is 5.97 Å². The third-order valence-corrected chi connectivity index (χ3v) is 8.73. The van der Waals surface area contributed by atoms with Gasteiger partial charge in [-0.1, -0.05) is 38.2 Å². The molecule has 0 amide bonds. The van der Waals surface area contributed by atoms with Crippen molar-refractivity contribution in [2.45, 2.75) is 102 Å². The zero-order valence-corrected chi connectivity index (χ0v) is 20.3. The number of fused-ring (bicyclic) bond motifs is 1. The van der Waals surface area contributed by atoms with Crippen molar-refractivity contribution in [2.24, 2.45) is 23.2 Å². The quantitative estimate of drug-likeness (QED) is 0.393. The third kappa shape index (κ3) is 5.61. The van der Waals surface area contributed by atoms with Crippen molar-refractivity contribution in [3.8, 4) is 0 Å². The normalized spacial score (nSPS) is 38.7. The van der Waals surface area contributed by atoms with E-state index in [1.54, 1.807) is 0 Å². The molecule has 3 fully saturated rings. The summed E-state index contributed by atoms with van der Waals surface area (Å²) in [5.74, 6) is -0.197. The van der Waals surface area contributed by atoms with E-state index in [1.165, 1.54) is 12.5 Å². The first kappa shape index (κ1) is 26.1. The molecule has 3 rings (SSSR count). The van der Waals surface area contributed by atoms with Crippen molar-refractivity contribution < 1.29 is 30.3 Å². The van der Waals surface area contributed by atoms with Gasteiger partial charge < -0.3 is 25.5 Å². The van der Waals surface area contributed by atoms with Crippen molar-refractivity contribution in [1.82, 2.24) is 0 Å². The molecule has 0 bridgehead atoms. The van der Waals surface area contributed by atoms with Gasteiger partial charge in [-0.2, -0.15) is 0 Å². The highest BCUT2D eigenvalue weighted by Crippen LogP contribution is 2.60. The fourth-order valence-corrected chi connectivity index (χ4v) is 6.90. The minimum absolute atomic E-state index is 0.125. The van der Waals surface area contributed by atoms with Gasteiger partial charge in [-0.3, -0.25) is 0 Å². The molecule has 0 heterocycles. The molecular formula is C27H42O6. The number of carbonyl (C=O) groups is 1. The Kier molecular flexibility index (Phi) is 7.94. The van der Waals surface area contributed by atoms with Crippen LogP contribution in [-0.2, 0) is 4.79 Å². The minimum atomic E-state index is -1.92. The van der Waals surface area contributed by atoms with Gasteiger partial charge in [-0.05, 0) is 86.2 Å². The lowest BCUT2D eigenvalue weighted by Crippen LogP contribution is -2.40. The molecule has 3 aliphatic rings. The van der Waals surface area contributed by atoms with E-state index >= 15 is 0 Å². The van der Waals surface area contributed by atoms with Crippen LogP contribution in [0.4, 0.5) is 0 Å². The number of rotatable bonds is 7. The number of hydrogen-bond acceptors (Lipinski definition) is 5. The molecule has 0 unspecified atom stereocenters. The van der Waals surface area contributed by atoms with Crippen LogP contribution in [-0.4, -0.2) is 55.4 Å². The van der Waals surface area contributed by atoms with Crippen molar-refractivity contribution in [3.63, 3.8) is 0 Å². The Hall–Kier alpha value is -1.47. The van der Waals surface area contributed by atoms with E-state index in [2.05, 4.69) is 26.5 Å². The lowest BCUT2D eigenvalue weighted by atomic mass is 9.60. The van der Waals surface area contributed by atoms with Crippen molar-refractivity contribution in [2.75, 3.05) is 0 Å². The second-order valence-electron chi connectivity index (χ2n) is 11.3. The Labute approximate surface area is 197 Å². The van der Waals surface area contributed by atoms with E-state index < -0.39 is 29.9 Å². The number of allylic oxidation sites excluding steroid dienone is 3. The van der Waals surface area contributed by atoms with Gasteiger partial charge in [0.15, 0.2) is 5.60 Å². The molecule has 33 heavy (non-hydrogen) atoms. The number of aliphatic hydroxyl groups excluding tert-OH is 3. The first-order chi connectivity index (χ1) is 15.3. The Morgan fingerprint density at radius 3 is 2.67 bits per heavy atom. The molecule has 0 aromatic carbocycles. The molecule has 186 valence electrons. The third-order valence-electron chi connectivity index (χ3n) is 8.73. The second-order valence-corrected chi connectivity index (χ2v) is 11.3. The topological polar surface area (TPSA) is 118 Å². The number of carboxylic acid groups (broad SMARTS) is 1. The van der Waals surface area contributed by atoms with E-state index in [9.17, 15) is 25.2 Å². The van der Waals surface area contributed by atoms with Crippen LogP contribution in [0.15, 0.2) is 35.5 Å². The molecule has 8 atom stereocenters.